The summed E-state index contributed by atoms with van der Waals surface area (Å²) in [5.74, 6) is 0. The summed E-state index contributed by atoms with van der Waals surface area (Å²) in [6.45, 7) is 3.28. The van der Waals surface area contributed by atoms with Crippen LogP contribution < -0.4 is 5.32 Å². The molecule has 0 spiro atoms. The van der Waals surface area contributed by atoms with Crippen molar-refractivity contribution in [1.29, 1.82) is 0 Å². The molecule has 0 aromatic carbocycles. The molecule has 5 nitrogen and oxygen atoms in total. The highest BCUT2D eigenvalue weighted by molar-refractivity contribution is 7.10. The number of nitrogens with one attached hydrogen (secondary N) is 1. The maximum Gasteiger partial charge on any atom is 0.176 e. The van der Waals surface area contributed by atoms with E-state index < -0.39 is 0 Å². The lowest BCUT2D eigenvalue weighted by Gasteiger charge is -2.01. The maximum atomic E-state index is 12.9. The summed E-state index contributed by atoms with van der Waals surface area (Å²) < 4.78 is 16.6. The van der Waals surface area contributed by atoms with E-state index in [0.29, 0.717) is 13.1 Å². The third kappa shape index (κ3) is 3.86. The maximum absolute atomic E-state index is 12.9. The van der Waals surface area contributed by atoms with E-state index in [4.69, 9.17) is 0 Å². The monoisotopic (exact) mass is 341 g/mol. The molecule has 3 aromatic rings. The molecule has 0 saturated carbocycles. The van der Waals surface area contributed by atoms with Crippen molar-refractivity contribution in [2.75, 3.05) is 5.32 Å². The molecule has 0 atom stereocenters. The van der Waals surface area contributed by atoms with Gasteiger partial charge in [-0.15, -0.1) is 23.7 Å². The largest absolute Gasteiger partial charge is 0.378 e. The van der Waals surface area contributed by atoms with Crippen LogP contribution in [0.3, 0.4) is 0 Å². The Hall–Kier alpha value is -1.86. The Bertz CT molecular complexity index is 748. The van der Waals surface area contributed by atoms with Gasteiger partial charge in [0, 0.05) is 36.4 Å². The first-order chi connectivity index (χ1) is 10.1. The molecule has 0 saturated heterocycles. The number of anilines is 1. The van der Waals surface area contributed by atoms with Gasteiger partial charge in [-0.25, -0.2) is 0 Å². The molecular formula is C14H17ClFN5S. The zero-order valence-corrected chi connectivity index (χ0v) is 13.9. The Morgan fingerprint density at radius 2 is 2.14 bits per heavy atom. The molecule has 3 rings (SSSR count). The lowest BCUT2D eigenvalue weighted by atomic mass is 10.3. The normalized spacial score (nSPS) is 10.5. The highest BCUT2D eigenvalue weighted by Gasteiger charge is 2.06. The molecule has 0 unspecified atom stereocenters. The molecule has 3 aromatic heterocycles. The smallest absolute Gasteiger partial charge is 0.176 e. The Morgan fingerprint density at radius 1 is 1.32 bits per heavy atom. The van der Waals surface area contributed by atoms with E-state index in [2.05, 4.69) is 15.5 Å². The zero-order valence-electron chi connectivity index (χ0n) is 12.3. The van der Waals surface area contributed by atoms with Gasteiger partial charge in [0.05, 0.1) is 24.1 Å². The van der Waals surface area contributed by atoms with Crippen LogP contribution in [0.5, 0.6) is 0 Å². The van der Waals surface area contributed by atoms with Crippen molar-refractivity contribution >= 4 is 29.4 Å². The summed E-state index contributed by atoms with van der Waals surface area (Å²) in [5.41, 5.74) is 3.08. The number of aromatic nitrogens is 4. The Balaban J connectivity index is 0.00000176. The molecule has 0 fully saturated rings. The average molecular weight is 342 g/mol. The van der Waals surface area contributed by atoms with Crippen molar-refractivity contribution in [1.82, 2.24) is 19.6 Å². The van der Waals surface area contributed by atoms with Crippen molar-refractivity contribution in [2.45, 2.75) is 20.0 Å². The van der Waals surface area contributed by atoms with Crippen LogP contribution in [-0.4, -0.2) is 19.6 Å². The number of rotatable bonds is 5. The first-order valence-electron chi connectivity index (χ1n) is 6.60. The van der Waals surface area contributed by atoms with Crippen molar-refractivity contribution in [3.63, 3.8) is 0 Å². The van der Waals surface area contributed by atoms with Crippen LogP contribution >= 0.6 is 23.7 Å². The molecule has 0 aliphatic heterocycles. The van der Waals surface area contributed by atoms with Crippen LogP contribution in [0.1, 0.15) is 16.1 Å². The van der Waals surface area contributed by atoms with E-state index >= 15 is 0 Å². The Kier molecular flexibility index (Phi) is 5.20. The first-order valence-corrected chi connectivity index (χ1v) is 7.41. The fourth-order valence-electron chi connectivity index (χ4n) is 2.16. The summed E-state index contributed by atoms with van der Waals surface area (Å²) in [4.78, 5) is 0.961. The van der Waals surface area contributed by atoms with Crippen LogP contribution in [-0.2, 0) is 20.1 Å². The van der Waals surface area contributed by atoms with Gasteiger partial charge in [-0.05, 0) is 19.1 Å². The second kappa shape index (κ2) is 6.93. The van der Waals surface area contributed by atoms with Crippen LogP contribution in [0, 0.1) is 12.1 Å². The molecule has 0 bridgehead atoms. The third-order valence-electron chi connectivity index (χ3n) is 3.18. The van der Waals surface area contributed by atoms with E-state index in [1.54, 1.807) is 16.9 Å². The molecule has 0 aliphatic rings. The van der Waals surface area contributed by atoms with E-state index in [1.807, 2.05) is 31.0 Å². The predicted molar refractivity (Wildman–Crippen MR) is 88.1 cm³/mol. The number of nitrogens with zero attached hydrogens (tertiary/aromatic N) is 4. The van der Waals surface area contributed by atoms with E-state index in [-0.39, 0.29) is 17.5 Å². The lowest BCUT2D eigenvalue weighted by molar-refractivity contribution is 0.657. The van der Waals surface area contributed by atoms with Gasteiger partial charge in [0.1, 0.15) is 0 Å². The van der Waals surface area contributed by atoms with Crippen molar-refractivity contribution < 1.29 is 4.39 Å². The number of hydrogen-bond donors (Lipinski definition) is 1. The summed E-state index contributed by atoms with van der Waals surface area (Å²) in [7, 11) is 1.91. The number of hydrogen-bond acceptors (Lipinski definition) is 4. The highest BCUT2D eigenvalue weighted by atomic mass is 35.5. The van der Waals surface area contributed by atoms with E-state index in [9.17, 15) is 4.39 Å². The fraction of sp³-hybridized carbons (Fsp3) is 0.286. The SMILES string of the molecule is Cc1nn(C)cc1Cn1cc(NCc2ccc(F)s2)cn1.Cl. The van der Waals surface area contributed by atoms with Gasteiger partial charge < -0.3 is 5.32 Å². The number of thiophene rings is 1. The van der Waals surface area contributed by atoms with Gasteiger partial charge >= 0.3 is 0 Å². The van der Waals surface area contributed by atoms with Gasteiger partial charge in [-0.2, -0.15) is 14.6 Å². The summed E-state index contributed by atoms with van der Waals surface area (Å²) in [5, 5.41) is 11.7. The van der Waals surface area contributed by atoms with Crippen molar-refractivity contribution in [2.24, 2.45) is 7.05 Å². The van der Waals surface area contributed by atoms with E-state index in [0.717, 1.165) is 33.2 Å². The van der Waals surface area contributed by atoms with Gasteiger partial charge in [-0.3, -0.25) is 9.36 Å². The second-order valence-electron chi connectivity index (χ2n) is 4.90. The topological polar surface area (TPSA) is 47.7 Å². The first kappa shape index (κ1) is 16.5. The minimum atomic E-state index is -0.158. The molecule has 118 valence electrons. The van der Waals surface area contributed by atoms with Crippen LogP contribution in [0.4, 0.5) is 10.1 Å². The Labute approximate surface area is 138 Å². The van der Waals surface area contributed by atoms with Gasteiger partial charge in [0.15, 0.2) is 5.13 Å². The van der Waals surface area contributed by atoms with Crippen molar-refractivity contribution in [3.05, 3.63) is 52.0 Å². The van der Waals surface area contributed by atoms with Crippen LogP contribution in [0.15, 0.2) is 30.7 Å². The molecular weight excluding hydrogens is 325 g/mol. The quantitative estimate of drug-likeness (QED) is 0.775. The molecule has 22 heavy (non-hydrogen) atoms. The average Bonchev–Trinajstić information content (AvgIpc) is 3.11. The molecule has 0 amide bonds. The number of aryl methyl sites for hydroxylation is 2. The number of halogens is 2. The molecule has 0 radical (unpaired) electrons. The van der Waals surface area contributed by atoms with Crippen LogP contribution in [0.2, 0.25) is 0 Å². The van der Waals surface area contributed by atoms with E-state index in [1.165, 1.54) is 6.07 Å². The van der Waals surface area contributed by atoms with Gasteiger partial charge in [0.25, 0.3) is 0 Å². The molecule has 0 aliphatic carbocycles. The molecule has 3 heterocycles. The minimum absolute atomic E-state index is 0. The summed E-state index contributed by atoms with van der Waals surface area (Å²) in [6, 6.07) is 3.27. The van der Waals surface area contributed by atoms with Gasteiger partial charge in [-0.1, -0.05) is 0 Å². The summed E-state index contributed by atoms with van der Waals surface area (Å²) in [6.07, 6.45) is 5.71. The zero-order chi connectivity index (χ0) is 14.8. The highest BCUT2D eigenvalue weighted by Crippen LogP contribution is 2.16. The fourth-order valence-corrected chi connectivity index (χ4v) is 2.82. The van der Waals surface area contributed by atoms with Crippen molar-refractivity contribution in [3.8, 4) is 0 Å². The Morgan fingerprint density at radius 3 is 2.77 bits per heavy atom. The third-order valence-corrected chi connectivity index (χ3v) is 4.05. The lowest BCUT2D eigenvalue weighted by Crippen LogP contribution is -2.00. The molecule has 1 N–H and O–H groups in total. The predicted octanol–water partition coefficient (Wildman–Crippen LogP) is 3.21. The standard InChI is InChI=1S/C14H16FN5S.ClH/c1-10-11(7-19(2)18-10)8-20-9-12(5-17-20)16-6-13-3-4-14(15)21-13;/h3-5,7,9,16H,6,8H2,1-2H3;1H. The molecule has 8 heteroatoms. The van der Waals surface area contributed by atoms with Crippen LogP contribution in [0.25, 0.3) is 0 Å². The second-order valence-corrected chi connectivity index (χ2v) is 6.02. The minimum Gasteiger partial charge on any atom is -0.378 e. The van der Waals surface area contributed by atoms with Gasteiger partial charge in [0.2, 0.25) is 0 Å². The summed E-state index contributed by atoms with van der Waals surface area (Å²) >= 11 is 1.15.